The quantitative estimate of drug-likeness (QED) is 0.798. The van der Waals surface area contributed by atoms with Gasteiger partial charge >= 0.3 is 5.97 Å². The Kier molecular flexibility index (Phi) is 2.19. The van der Waals surface area contributed by atoms with Gasteiger partial charge in [-0.2, -0.15) is 0 Å². The highest BCUT2D eigenvalue weighted by Crippen LogP contribution is 2.32. The molecule has 1 fully saturated rings. The van der Waals surface area contributed by atoms with Crippen LogP contribution in [0.1, 0.15) is 30.3 Å². The first kappa shape index (κ1) is 9.12. The number of carboxylic acid groups (broad SMARTS) is 1. The van der Waals surface area contributed by atoms with Gasteiger partial charge in [-0.15, -0.1) is 0 Å². The second kappa shape index (κ2) is 3.36. The van der Waals surface area contributed by atoms with Gasteiger partial charge in [0.2, 0.25) is 5.76 Å². The summed E-state index contributed by atoms with van der Waals surface area (Å²) in [5.41, 5.74) is 0. The van der Waals surface area contributed by atoms with Crippen molar-refractivity contribution in [2.45, 2.75) is 25.8 Å². The van der Waals surface area contributed by atoms with E-state index in [1.54, 1.807) is 6.07 Å². The van der Waals surface area contributed by atoms with Crippen LogP contribution in [-0.4, -0.2) is 23.7 Å². The number of anilines is 1. The number of carbonyl (C=O) groups is 1. The molecular formula is C10H13NO3. The smallest absolute Gasteiger partial charge is 0.371 e. The third kappa shape index (κ3) is 1.60. The fourth-order valence-corrected chi connectivity index (χ4v) is 1.58. The Morgan fingerprint density at radius 2 is 2.36 bits per heavy atom. The summed E-state index contributed by atoms with van der Waals surface area (Å²) in [6, 6.07) is 3.78. The Bertz CT molecular complexity index is 341. The zero-order valence-electron chi connectivity index (χ0n) is 8.06. The lowest BCUT2D eigenvalue weighted by molar-refractivity contribution is 0.0663. The molecule has 2 rings (SSSR count). The summed E-state index contributed by atoms with van der Waals surface area (Å²) >= 11 is 0. The molecule has 0 bridgehead atoms. The number of hydrogen-bond donors (Lipinski definition) is 1. The number of hydrogen-bond acceptors (Lipinski definition) is 3. The highest BCUT2D eigenvalue weighted by molar-refractivity contribution is 5.84. The van der Waals surface area contributed by atoms with E-state index >= 15 is 0 Å². The highest BCUT2D eigenvalue weighted by Gasteiger charge is 2.30. The van der Waals surface area contributed by atoms with Crippen LogP contribution in [0.3, 0.4) is 0 Å². The summed E-state index contributed by atoms with van der Waals surface area (Å²) in [5.74, 6) is -0.324. The summed E-state index contributed by atoms with van der Waals surface area (Å²) in [4.78, 5) is 12.7. The summed E-state index contributed by atoms with van der Waals surface area (Å²) in [6.07, 6.45) is 2.36. The van der Waals surface area contributed by atoms with Gasteiger partial charge in [0.05, 0.1) is 0 Å². The van der Waals surface area contributed by atoms with Crippen molar-refractivity contribution in [3.05, 3.63) is 17.9 Å². The molecule has 0 unspecified atom stereocenters. The molecule has 0 aromatic carbocycles. The van der Waals surface area contributed by atoms with Gasteiger partial charge in [0, 0.05) is 18.7 Å². The van der Waals surface area contributed by atoms with Crippen LogP contribution < -0.4 is 4.90 Å². The Morgan fingerprint density at radius 3 is 2.79 bits per heavy atom. The maximum atomic E-state index is 10.6. The molecule has 0 atom stereocenters. The van der Waals surface area contributed by atoms with Crippen molar-refractivity contribution in [3.63, 3.8) is 0 Å². The number of rotatable bonds is 4. The van der Waals surface area contributed by atoms with Crippen molar-refractivity contribution < 1.29 is 14.3 Å². The van der Waals surface area contributed by atoms with Crippen LogP contribution in [0.4, 0.5) is 5.88 Å². The highest BCUT2D eigenvalue weighted by atomic mass is 16.4. The summed E-state index contributed by atoms with van der Waals surface area (Å²) < 4.78 is 5.23. The first-order valence-electron chi connectivity index (χ1n) is 4.82. The second-order valence-corrected chi connectivity index (χ2v) is 3.46. The van der Waals surface area contributed by atoms with Crippen molar-refractivity contribution >= 4 is 11.9 Å². The summed E-state index contributed by atoms with van der Waals surface area (Å²) in [7, 11) is 0. The average Bonchev–Trinajstić information content (AvgIpc) is 2.84. The molecule has 76 valence electrons. The van der Waals surface area contributed by atoms with Crippen LogP contribution in [0, 0.1) is 0 Å². The molecule has 1 aliphatic carbocycles. The van der Waals surface area contributed by atoms with Crippen LogP contribution in [0.15, 0.2) is 16.5 Å². The van der Waals surface area contributed by atoms with E-state index < -0.39 is 5.97 Å². The van der Waals surface area contributed by atoms with E-state index in [9.17, 15) is 4.79 Å². The van der Waals surface area contributed by atoms with Crippen molar-refractivity contribution in [2.24, 2.45) is 0 Å². The van der Waals surface area contributed by atoms with Gasteiger partial charge < -0.3 is 14.4 Å². The molecule has 0 saturated heterocycles. The van der Waals surface area contributed by atoms with Gasteiger partial charge in [-0.25, -0.2) is 4.79 Å². The van der Waals surface area contributed by atoms with E-state index in [1.807, 2.05) is 6.92 Å². The standard InChI is InChI=1S/C10H13NO3/c1-2-11(7-3-4-7)9-6-5-8(14-9)10(12)13/h5-7H,2-4H2,1H3,(H,12,13). The van der Waals surface area contributed by atoms with E-state index in [1.165, 1.54) is 18.9 Å². The van der Waals surface area contributed by atoms with E-state index in [0.717, 1.165) is 6.54 Å². The zero-order chi connectivity index (χ0) is 10.1. The lowest BCUT2D eigenvalue weighted by Crippen LogP contribution is -2.24. The monoisotopic (exact) mass is 195 g/mol. The Morgan fingerprint density at radius 1 is 1.64 bits per heavy atom. The molecule has 1 heterocycles. The maximum absolute atomic E-state index is 10.6. The molecule has 4 nitrogen and oxygen atoms in total. The molecule has 14 heavy (non-hydrogen) atoms. The maximum Gasteiger partial charge on any atom is 0.371 e. The third-order valence-electron chi connectivity index (χ3n) is 2.41. The van der Waals surface area contributed by atoms with Gasteiger partial charge in [-0.1, -0.05) is 0 Å². The fraction of sp³-hybridized carbons (Fsp3) is 0.500. The summed E-state index contributed by atoms with van der Waals surface area (Å²) in [5, 5.41) is 8.69. The van der Waals surface area contributed by atoms with E-state index in [2.05, 4.69) is 4.90 Å². The molecule has 1 aliphatic rings. The molecular weight excluding hydrogens is 182 g/mol. The molecule has 1 saturated carbocycles. The predicted molar refractivity (Wildman–Crippen MR) is 51.7 cm³/mol. The first-order valence-corrected chi connectivity index (χ1v) is 4.82. The van der Waals surface area contributed by atoms with Gasteiger partial charge in [-0.05, 0) is 25.8 Å². The first-order chi connectivity index (χ1) is 6.72. The van der Waals surface area contributed by atoms with E-state index in [-0.39, 0.29) is 5.76 Å². The van der Waals surface area contributed by atoms with Crippen molar-refractivity contribution in [1.29, 1.82) is 0 Å². The number of carboxylic acids is 1. The minimum Gasteiger partial charge on any atom is -0.475 e. The summed E-state index contributed by atoms with van der Waals surface area (Å²) in [6.45, 7) is 2.90. The van der Waals surface area contributed by atoms with Gasteiger partial charge in [-0.3, -0.25) is 0 Å². The topological polar surface area (TPSA) is 53.7 Å². The fourth-order valence-electron chi connectivity index (χ4n) is 1.58. The number of aromatic carboxylic acids is 1. The van der Waals surface area contributed by atoms with Crippen molar-refractivity contribution in [3.8, 4) is 0 Å². The molecule has 4 heteroatoms. The number of furan rings is 1. The average molecular weight is 195 g/mol. The molecule has 0 radical (unpaired) electrons. The van der Waals surface area contributed by atoms with E-state index in [0.29, 0.717) is 11.9 Å². The molecule has 1 aromatic heterocycles. The third-order valence-corrected chi connectivity index (χ3v) is 2.41. The lowest BCUT2D eigenvalue weighted by Gasteiger charge is -2.18. The minimum atomic E-state index is -1.01. The molecule has 0 amide bonds. The minimum absolute atomic E-state index is 0.0131. The van der Waals surface area contributed by atoms with Crippen LogP contribution in [-0.2, 0) is 0 Å². The normalized spacial score (nSPS) is 15.5. The van der Waals surface area contributed by atoms with Crippen LogP contribution in [0.2, 0.25) is 0 Å². The van der Waals surface area contributed by atoms with Gasteiger partial charge in [0.15, 0.2) is 5.88 Å². The zero-order valence-corrected chi connectivity index (χ0v) is 8.06. The largest absolute Gasteiger partial charge is 0.475 e. The molecule has 0 aliphatic heterocycles. The van der Waals surface area contributed by atoms with Gasteiger partial charge in [0.25, 0.3) is 0 Å². The van der Waals surface area contributed by atoms with Crippen LogP contribution in [0.5, 0.6) is 0 Å². The lowest BCUT2D eigenvalue weighted by atomic mass is 10.4. The Labute approximate surface area is 82.1 Å². The van der Waals surface area contributed by atoms with E-state index in [4.69, 9.17) is 9.52 Å². The Hall–Kier alpha value is -1.45. The molecule has 0 spiro atoms. The number of nitrogens with zero attached hydrogens (tertiary/aromatic N) is 1. The SMILES string of the molecule is CCN(c1ccc(C(=O)O)o1)C1CC1. The van der Waals surface area contributed by atoms with Gasteiger partial charge in [0.1, 0.15) is 0 Å². The van der Waals surface area contributed by atoms with Crippen molar-refractivity contribution in [1.82, 2.24) is 0 Å². The van der Waals surface area contributed by atoms with Crippen molar-refractivity contribution in [2.75, 3.05) is 11.4 Å². The Balaban J connectivity index is 2.17. The predicted octanol–water partition coefficient (Wildman–Crippen LogP) is 1.97. The molecule has 1 N–H and O–H groups in total. The van der Waals surface area contributed by atoms with Crippen LogP contribution in [0.25, 0.3) is 0 Å². The molecule has 1 aromatic rings. The van der Waals surface area contributed by atoms with Crippen LogP contribution >= 0.6 is 0 Å². The second-order valence-electron chi connectivity index (χ2n) is 3.46.